The quantitative estimate of drug-likeness (QED) is 0.842. The molecule has 0 bridgehead atoms. The molecule has 140 valence electrons. The maximum atomic E-state index is 12.6. The molecule has 2 unspecified atom stereocenters. The number of benzene rings is 2. The highest BCUT2D eigenvalue weighted by Gasteiger charge is 2.44. The summed E-state index contributed by atoms with van der Waals surface area (Å²) in [5.74, 6) is 0.593. The van der Waals surface area contributed by atoms with Crippen molar-refractivity contribution in [1.29, 1.82) is 0 Å². The van der Waals surface area contributed by atoms with E-state index in [-0.39, 0.29) is 23.3 Å². The zero-order valence-corrected chi connectivity index (χ0v) is 14.7. The second-order valence-corrected chi connectivity index (χ2v) is 6.56. The fourth-order valence-corrected chi connectivity index (χ4v) is 3.30. The van der Waals surface area contributed by atoms with E-state index >= 15 is 0 Å². The van der Waals surface area contributed by atoms with Crippen LogP contribution in [0.25, 0.3) is 0 Å². The second kappa shape index (κ2) is 6.83. The Bertz CT molecular complexity index is 909. The van der Waals surface area contributed by atoms with Gasteiger partial charge in [0.05, 0.1) is 18.4 Å². The number of fused-ring (bicyclic) bond motifs is 1. The van der Waals surface area contributed by atoms with Gasteiger partial charge >= 0.3 is 5.97 Å². The van der Waals surface area contributed by atoms with Gasteiger partial charge in [0.15, 0.2) is 11.5 Å². The second-order valence-electron chi connectivity index (χ2n) is 6.56. The van der Waals surface area contributed by atoms with E-state index < -0.39 is 5.97 Å². The van der Waals surface area contributed by atoms with Gasteiger partial charge in [-0.2, -0.15) is 0 Å². The van der Waals surface area contributed by atoms with E-state index in [2.05, 4.69) is 5.32 Å². The number of aromatic carboxylic acids is 1. The molecule has 0 saturated heterocycles. The van der Waals surface area contributed by atoms with E-state index in [0.29, 0.717) is 24.7 Å². The molecule has 2 atom stereocenters. The standard InChI is InChI=1S/C20H19NO6/c1-25-17-9-12(20(23)24)2-4-15(17)21-19(22)14-10-13(14)11-3-5-16-18(8-11)27-7-6-26-16/h2-5,8-9,13-14H,6-7,10H2,1H3,(H,21,22)(H,23,24). The number of methoxy groups -OCH3 is 1. The number of hydrogen-bond donors (Lipinski definition) is 2. The number of hydrogen-bond acceptors (Lipinski definition) is 5. The number of anilines is 1. The first kappa shape index (κ1) is 17.2. The van der Waals surface area contributed by atoms with Crippen LogP contribution in [0.3, 0.4) is 0 Å². The molecule has 1 saturated carbocycles. The van der Waals surface area contributed by atoms with Crippen LogP contribution in [0.5, 0.6) is 17.2 Å². The molecule has 1 aliphatic carbocycles. The Balaban J connectivity index is 1.45. The summed E-state index contributed by atoms with van der Waals surface area (Å²) in [6.45, 7) is 1.07. The van der Waals surface area contributed by atoms with Gasteiger partial charge in [0.2, 0.25) is 5.91 Å². The van der Waals surface area contributed by atoms with Crippen molar-refractivity contribution in [3.8, 4) is 17.2 Å². The van der Waals surface area contributed by atoms with Crippen molar-refractivity contribution in [3.63, 3.8) is 0 Å². The Kier molecular flexibility index (Phi) is 4.35. The van der Waals surface area contributed by atoms with Gasteiger partial charge in [0.1, 0.15) is 19.0 Å². The molecule has 2 aliphatic rings. The first-order valence-corrected chi connectivity index (χ1v) is 8.68. The van der Waals surface area contributed by atoms with Gasteiger partial charge in [-0.05, 0) is 48.2 Å². The van der Waals surface area contributed by atoms with Crippen molar-refractivity contribution in [3.05, 3.63) is 47.5 Å². The molecule has 0 aromatic heterocycles. The molecule has 7 nitrogen and oxygen atoms in total. The minimum absolute atomic E-state index is 0.102. The summed E-state index contributed by atoms with van der Waals surface area (Å²) in [5.41, 5.74) is 1.61. The fraction of sp³-hybridized carbons (Fsp3) is 0.300. The van der Waals surface area contributed by atoms with Crippen molar-refractivity contribution in [2.45, 2.75) is 12.3 Å². The van der Waals surface area contributed by atoms with Crippen LogP contribution in [-0.2, 0) is 4.79 Å². The average Bonchev–Trinajstić information content (AvgIpc) is 3.48. The zero-order chi connectivity index (χ0) is 19.0. The summed E-state index contributed by atoms with van der Waals surface area (Å²) in [4.78, 5) is 23.7. The molecule has 4 rings (SSSR count). The number of carbonyl (C=O) groups is 2. The van der Waals surface area contributed by atoms with Crippen LogP contribution in [0.1, 0.15) is 28.3 Å². The van der Waals surface area contributed by atoms with Crippen LogP contribution in [0.15, 0.2) is 36.4 Å². The molecule has 27 heavy (non-hydrogen) atoms. The summed E-state index contributed by atoms with van der Waals surface area (Å²) in [6, 6.07) is 10.2. The summed E-state index contributed by atoms with van der Waals surface area (Å²) in [6.07, 6.45) is 0.751. The molecular formula is C20H19NO6. The molecule has 2 aromatic rings. The first-order valence-electron chi connectivity index (χ1n) is 8.68. The fourth-order valence-electron chi connectivity index (χ4n) is 3.30. The number of amides is 1. The third kappa shape index (κ3) is 3.40. The number of nitrogens with one attached hydrogen (secondary N) is 1. The highest BCUT2D eigenvalue weighted by Crippen LogP contribution is 2.50. The zero-order valence-electron chi connectivity index (χ0n) is 14.7. The molecule has 1 aliphatic heterocycles. The molecule has 1 amide bonds. The predicted octanol–water partition coefficient (Wildman–Crippen LogP) is 2.91. The normalized spacial score (nSPS) is 19.9. The minimum Gasteiger partial charge on any atom is -0.495 e. The summed E-state index contributed by atoms with van der Waals surface area (Å²) in [5, 5.41) is 11.9. The van der Waals surface area contributed by atoms with Gasteiger partial charge in [-0.15, -0.1) is 0 Å². The van der Waals surface area contributed by atoms with E-state index in [9.17, 15) is 9.59 Å². The number of ether oxygens (including phenoxy) is 3. The van der Waals surface area contributed by atoms with Crippen LogP contribution in [0.4, 0.5) is 5.69 Å². The van der Waals surface area contributed by atoms with Gasteiger partial charge in [0, 0.05) is 5.92 Å². The molecule has 1 fully saturated rings. The Morgan fingerprint density at radius 1 is 1.11 bits per heavy atom. The molecule has 1 heterocycles. The molecule has 0 spiro atoms. The molecule has 2 aromatic carbocycles. The van der Waals surface area contributed by atoms with Gasteiger partial charge in [0.25, 0.3) is 0 Å². The van der Waals surface area contributed by atoms with E-state index in [0.717, 1.165) is 23.5 Å². The van der Waals surface area contributed by atoms with Crippen molar-refractivity contribution < 1.29 is 28.9 Å². The van der Waals surface area contributed by atoms with Crippen LogP contribution in [0.2, 0.25) is 0 Å². The number of rotatable bonds is 5. The van der Waals surface area contributed by atoms with Crippen LogP contribution >= 0.6 is 0 Å². The van der Waals surface area contributed by atoms with E-state index in [1.54, 1.807) is 6.07 Å². The van der Waals surface area contributed by atoms with E-state index in [1.807, 2.05) is 18.2 Å². The average molecular weight is 369 g/mol. The lowest BCUT2D eigenvalue weighted by Crippen LogP contribution is -2.16. The SMILES string of the molecule is COc1cc(C(=O)O)ccc1NC(=O)C1CC1c1ccc2c(c1)OCCO2. The maximum Gasteiger partial charge on any atom is 0.335 e. The lowest BCUT2D eigenvalue weighted by Gasteiger charge is -2.18. The van der Waals surface area contributed by atoms with Crippen molar-refractivity contribution in [2.24, 2.45) is 5.92 Å². The number of carboxylic acids is 1. The largest absolute Gasteiger partial charge is 0.495 e. The van der Waals surface area contributed by atoms with Crippen LogP contribution in [-0.4, -0.2) is 37.3 Å². The Morgan fingerprint density at radius 3 is 2.63 bits per heavy atom. The third-order valence-electron chi connectivity index (χ3n) is 4.83. The van der Waals surface area contributed by atoms with E-state index in [4.69, 9.17) is 19.3 Å². The van der Waals surface area contributed by atoms with Crippen LogP contribution < -0.4 is 19.5 Å². The minimum atomic E-state index is -1.05. The molecule has 0 radical (unpaired) electrons. The number of carboxylic acid groups (broad SMARTS) is 1. The first-order chi connectivity index (χ1) is 13.1. The predicted molar refractivity (Wildman–Crippen MR) is 96.9 cm³/mol. The lowest BCUT2D eigenvalue weighted by molar-refractivity contribution is -0.117. The monoisotopic (exact) mass is 369 g/mol. The van der Waals surface area contributed by atoms with Crippen LogP contribution in [0, 0.1) is 5.92 Å². The van der Waals surface area contributed by atoms with Crippen molar-refractivity contribution in [2.75, 3.05) is 25.6 Å². The molecule has 2 N–H and O–H groups in total. The summed E-state index contributed by atoms with van der Waals surface area (Å²) >= 11 is 0. The Morgan fingerprint density at radius 2 is 1.89 bits per heavy atom. The smallest absolute Gasteiger partial charge is 0.335 e. The lowest BCUT2D eigenvalue weighted by atomic mass is 10.1. The Labute approximate surface area is 155 Å². The van der Waals surface area contributed by atoms with Crippen molar-refractivity contribution >= 4 is 17.6 Å². The number of carbonyl (C=O) groups excluding carboxylic acids is 1. The van der Waals surface area contributed by atoms with Gasteiger partial charge in [-0.1, -0.05) is 6.07 Å². The summed E-state index contributed by atoms with van der Waals surface area (Å²) in [7, 11) is 1.44. The molecular weight excluding hydrogens is 350 g/mol. The van der Waals surface area contributed by atoms with Gasteiger partial charge in [-0.3, -0.25) is 4.79 Å². The Hall–Kier alpha value is -3.22. The van der Waals surface area contributed by atoms with E-state index in [1.165, 1.54) is 19.2 Å². The summed E-state index contributed by atoms with van der Waals surface area (Å²) < 4.78 is 16.3. The maximum absolute atomic E-state index is 12.6. The van der Waals surface area contributed by atoms with Gasteiger partial charge < -0.3 is 24.6 Å². The van der Waals surface area contributed by atoms with Gasteiger partial charge in [-0.25, -0.2) is 4.79 Å². The highest BCUT2D eigenvalue weighted by atomic mass is 16.6. The highest BCUT2D eigenvalue weighted by molar-refractivity contribution is 5.97. The third-order valence-corrected chi connectivity index (χ3v) is 4.83. The topological polar surface area (TPSA) is 94.1 Å². The van der Waals surface area contributed by atoms with Crippen molar-refractivity contribution in [1.82, 2.24) is 0 Å². The molecule has 7 heteroatoms.